The van der Waals surface area contributed by atoms with E-state index in [0.717, 1.165) is 0 Å². The van der Waals surface area contributed by atoms with Gasteiger partial charge in [-0.05, 0) is 19.1 Å². The first-order valence-corrected chi connectivity index (χ1v) is 5.22. The summed E-state index contributed by atoms with van der Waals surface area (Å²) in [5, 5.41) is 18.9. The standard InChI is InChI=1S/C14H12O3/c1-9-11(7-8-12(15)13(9)16)14(17)10-5-3-2-4-6-10/h2-8,15-16H,1H3. The Balaban J connectivity index is 2.49. The average molecular weight is 228 g/mol. The number of ketones is 1. The van der Waals surface area contributed by atoms with Gasteiger partial charge in [0, 0.05) is 16.7 Å². The second-order valence-electron chi connectivity index (χ2n) is 3.80. The van der Waals surface area contributed by atoms with E-state index in [4.69, 9.17) is 0 Å². The summed E-state index contributed by atoms with van der Waals surface area (Å²) in [4.78, 5) is 12.1. The second-order valence-corrected chi connectivity index (χ2v) is 3.80. The van der Waals surface area contributed by atoms with Crippen LogP contribution in [0.4, 0.5) is 0 Å². The van der Waals surface area contributed by atoms with E-state index >= 15 is 0 Å². The molecule has 0 aliphatic heterocycles. The Kier molecular flexibility index (Phi) is 2.83. The minimum Gasteiger partial charge on any atom is -0.504 e. The van der Waals surface area contributed by atoms with Crippen LogP contribution in [0.15, 0.2) is 42.5 Å². The van der Waals surface area contributed by atoms with Gasteiger partial charge in [0.2, 0.25) is 0 Å². The van der Waals surface area contributed by atoms with E-state index in [0.29, 0.717) is 16.7 Å². The molecule has 86 valence electrons. The lowest BCUT2D eigenvalue weighted by atomic mass is 9.98. The van der Waals surface area contributed by atoms with Gasteiger partial charge in [0.15, 0.2) is 17.3 Å². The Morgan fingerprint density at radius 3 is 2.29 bits per heavy atom. The van der Waals surface area contributed by atoms with E-state index in [1.165, 1.54) is 12.1 Å². The highest BCUT2D eigenvalue weighted by molar-refractivity contribution is 6.10. The van der Waals surface area contributed by atoms with Crippen LogP contribution in [0.3, 0.4) is 0 Å². The molecule has 0 heterocycles. The first-order valence-electron chi connectivity index (χ1n) is 5.22. The highest BCUT2D eigenvalue weighted by Gasteiger charge is 2.15. The lowest BCUT2D eigenvalue weighted by Crippen LogP contribution is -2.03. The van der Waals surface area contributed by atoms with Crippen molar-refractivity contribution in [1.82, 2.24) is 0 Å². The van der Waals surface area contributed by atoms with Crippen LogP contribution in [0.2, 0.25) is 0 Å². The third-order valence-corrected chi connectivity index (χ3v) is 2.69. The number of aromatic hydroxyl groups is 2. The maximum atomic E-state index is 12.1. The molecule has 0 saturated carbocycles. The molecule has 2 aromatic carbocycles. The molecule has 0 bridgehead atoms. The monoisotopic (exact) mass is 228 g/mol. The molecule has 2 N–H and O–H groups in total. The SMILES string of the molecule is Cc1c(C(=O)c2ccccc2)ccc(O)c1O. The number of phenolic OH excluding ortho intramolecular Hbond substituents is 2. The Bertz CT molecular complexity index is 559. The topological polar surface area (TPSA) is 57.5 Å². The Hall–Kier alpha value is -2.29. The molecular formula is C14H12O3. The van der Waals surface area contributed by atoms with Crippen molar-refractivity contribution in [3.63, 3.8) is 0 Å². The molecule has 0 amide bonds. The van der Waals surface area contributed by atoms with Gasteiger partial charge in [0.05, 0.1) is 0 Å². The molecule has 3 nitrogen and oxygen atoms in total. The van der Waals surface area contributed by atoms with Crippen molar-refractivity contribution in [2.75, 3.05) is 0 Å². The highest BCUT2D eigenvalue weighted by atomic mass is 16.3. The van der Waals surface area contributed by atoms with E-state index in [1.807, 2.05) is 6.07 Å². The third kappa shape index (κ3) is 1.99. The predicted molar refractivity (Wildman–Crippen MR) is 64.4 cm³/mol. The van der Waals surface area contributed by atoms with Crippen LogP contribution in [0.1, 0.15) is 21.5 Å². The normalized spacial score (nSPS) is 10.2. The number of carbonyl (C=O) groups excluding carboxylic acids is 1. The van der Waals surface area contributed by atoms with Crippen molar-refractivity contribution >= 4 is 5.78 Å². The molecule has 0 spiro atoms. The summed E-state index contributed by atoms with van der Waals surface area (Å²) in [6.45, 7) is 1.60. The van der Waals surface area contributed by atoms with Crippen LogP contribution >= 0.6 is 0 Å². The van der Waals surface area contributed by atoms with Gasteiger partial charge in [0.25, 0.3) is 0 Å². The predicted octanol–water partition coefficient (Wildman–Crippen LogP) is 2.64. The quantitative estimate of drug-likeness (QED) is 0.613. The molecule has 0 unspecified atom stereocenters. The van der Waals surface area contributed by atoms with Gasteiger partial charge in [-0.25, -0.2) is 0 Å². The molecule has 0 aromatic heterocycles. The third-order valence-electron chi connectivity index (χ3n) is 2.69. The molecule has 0 atom stereocenters. The summed E-state index contributed by atoms with van der Waals surface area (Å²) in [6, 6.07) is 11.7. The molecule has 0 aliphatic carbocycles. The summed E-state index contributed by atoms with van der Waals surface area (Å²) in [5.74, 6) is -0.628. The van der Waals surface area contributed by atoms with Crippen LogP contribution in [0.5, 0.6) is 11.5 Å². The van der Waals surface area contributed by atoms with Crippen molar-refractivity contribution in [1.29, 1.82) is 0 Å². The number of hydrogen-bond acceptors (Lipinski definition) is 3. The maximum Gasteiger partial charge on any atom is 0.193 e. The molecule has 3 heteroatoms. The summed E-state index contributed by atoms with van der Waals surface area (Å²) < 4.78 is 0. The first-order chi connectivity index (χ1) is 8.11. The number of phenols is 2. The molecule has 2 rings (SSSR count). The van der Waals surface area contributed by atoms with Crippen LogP contribution < -0.4 is 0 Å². The largest absolute Gasteiger partial charge is 0.504 e. The van der Waals surface area contributed by atoms with Gasteiger partial charge in [-0.1, -0.05) is 30.3 Å². The molecule has 0 aliphatic rings. The summed E-state index contributed by atoms with van der Waals surface area (Å²) in [6.07, 6.45) is 0. The van der Waals surface area contributed by atoms with E-state index in [-0.39, 0.29) is 17.3 Å². The van der Waals surface area contributed by atoms with Gasteiger partial charge >= 0.3 is 0 Å². The fourth-order valence-corrected chi connectivity index (χ4v) is 1.68. The molecule has 0 radical (unpaired) electrons. The van der Waals surface area contributed by atoms with Crippen molar-refractivity contribution < 1.29 is 15.0 Å². The average Bonchev–Trinajstić information content (AvgIpc) is 2.36. The van der Waals surface area contributed by atoms with Gasteiger partial charge in [0.1, 0.15) is 0 Å². The second kappa shape index (κ2) is 4.29. The summed E-state index contributed by atoms with van der Waals surface area (Å²) >= 11 is 0. The molecule has 0 saturated heterocycles. The van der Waals surface area contributed by atoms with Gasteiger partial charge in [-0.3, -0.25) is 4.79 Å². The zero-order chi connectivity index (χ0) is 12.4. The fourth-order valence-electron chi connectivity index (χ4n) is 1.68. The molecule has 17 heavy (non-hydrogen) atoms. The van der Waals surface area contributed by atoms with E-state index in [2.05, 4.69) is 0 Å². The molecular weight excluding hydrogens is 216 g/mol. The fraction of sp³-hybridized carbons (Fsp3) is 0.0714. The van der Waals surface area contributed by atoms with Crippen LogP contribution in [0.25, 0.3) is 0 Å². The smallest absolute Gasteiger partial charge is 0.193 e. The number of rotatable bonds is 2. The minimum atomic E-state index is -0.244. The van der Waals surface area contributed by atoms with Crippen LogP contribution in [0, 0.1) is 6.92 Å². The number of carbonyl (C=O) groups is 1. The zero-order valence-electron chi connectivity index (χ0n) is 9.34. The van der Waals surface area contributed by atoms with E-state index < -0.39 is 0 Å². The maximum absolute atomic E-state index is 12.1. The molecule has 0 fully saturated rings. The summed E-state index contributed by atoms with van der Waals surface area (Å²) in [7, 11) is 0. The van der Waals surface area contributed by atoms with Gasteiger partial charge in [-0.2, -0.15) is 0 Å². The van der Waals surface area contributed by atoms with Crippen LogP contribution in [-0.4, -0.2) is 16.0 Å². The van der Waals surface area contributed by atoms with E-state index in [9.17, 15) is 15.0 Å². The Labute approximate surface area is 99.0 Å². The van der Waals surface area contributed by atoms with Crippen LogP contribution in [-0.2, 0) is 0 Å². The van der Waals surface area contributed by atoms with Gasteiger partial charge < -0.3 is 10.2 Å². The summed E-state index contributed by atoms with van der Waals surface area (Å²) in [5.41, 5.74) is 1.34. The van der Waals surface area contributed by atoms with Crippen molar-refractivity contribution in [2.45, 2.75) is 6.92 Å². The van der Waals surface area contributed by atoms with Crippen molar-refractivity contribution in [3.8, 4) is 11.5 Å². The zero-order valence-corrected chi connectivity index (χ0v) is 9.34. The Morgan fingerprint density at radius 1 is 1.00 bits per heavy atom. The Morgan fingerprint density at radius 2 is 1.65 bits per heavy atom. The van der Waals surface area contributed by atoms with E-state index in [1.54, 1.807) is 31.2 Å². The number of hydrogen-bond donors (Lipinski definition) is 2. The highest BCUT2D eigenvalue weighted by Crippen LogP contribution is 2.31. The number of benzene rings is 2. The van der Waals surface area contributed by atoms with Gasteiger partial charge in [-0.15, -0.1) is 0 Å². The minimum absolute atomic E-state index is 0.168. The van der Waals surface area contributed by atoms with Crippen molar-refractivity contribution in [2.24, 2.45) is 0 Å². The lowest BCUT2D eigenvalue weighted by molar-refractivity contribution is 0.103. The first kappa shape index (κ1) is 11.2. The lowest BCUT2D eigenvalue weighted by Gasteiger charge is -2.08. The molecule has 2 aromatic rings. The van der Waals surface area contributed by atoms with Crippen molar-refractivity contribution in [3.05, 3.63) is 59.2 Å².